The van der Waals surface area contributed by atoms with Gasteiger partial charge in [0.05, 0.1) is 23.0 Å². The van der Waals surface area contributed by atoms with Gasteiger partial charge in [0.1, 0.15) is 0 Å². The molecule has 2 fully saturated rings. The summed E-state index contributed by atoms with van der Waals surface area (Å²) in [6.45, 7) is 8.37. The number of hydrogen-bond acceptors (Lipinski definition) is 4. The molecule has 2 aromatic heterocycles. The highest BCUT2D eigenvalue weighted by Gasteiger charge is 2.37. The molecule has 5 rings (SSSR count). The van der Waals surface area contributed by atoms with Crippen molar-refractivity contribution in [1.82, 2.24) is 24.4 Å². The minimum absolute atomic E-state index is 0.00941. The number of nitrogens with one attached hydrogen (secondary N) is 1. The van der Waals surface area contributed by atoms with E-state index < -0.39 is 5.41 Å². The van der Waals surface area contributed by atoms with Crippen molar-refractivity contribution in [3.8, 4) is 0 Å². The van der Waals surface area contributed by atoms with Gasteiger partial charge in [0, 0.05) is 43.6 Å². The van der Waals surface area contributed by atoms with E-state index in [1.54, 1.807) is 4.52 Å². The zero-order valence-electron chi connectivity index (χ0n) is 18.4. The first kappa shape index (κ1) is 19.8. The Kier molecular flexibility index (Phi) is 4.76. The van der Waals surface area contributed by atoms with Gasteiger partial charge in [0.25, 0.3) is 5.56 Å². The maximum atomic E-state index is 13.3. The molecule has 30 heavy (non-hydrogen) atoms. The van der Waals surface area contributed by atoms with Crippen molar-refractivity contribution in [3.63, 3.8) is 0 Å². The fourth-order valence-electron chi connectivity index (χ4n) is 5.54. The topological polar surface area (TPSA) is 73.7 Å². The van der Waals surface area contributed by atoms with Crippen LogP contribution in [0.2, 0.25) is 0 Å². The van der Waals surface area contributed by atoms with Gasteiger partial charge in [-0.1, -0.05) is 33.6 Å². The first-order valence-corrected chi connectivity index (χ1v) is 11.5. The number of rotatable bonds is 2. The highest BCUT2D eigenvalue weighted by Crippen LogP contribution is 2.35. The Labute approximate surface area is 177 Å². The fourth-order valence-corrected chi connectivity index (χ4v) is 5.54. The first-order chi connectivity index (χ1) is 14.3. The summed E-state index contributed by atoms with van der Waals surface area (Å²) in [6, 6.07) is 2.59. The molecular weight excluding hydrogens is 378 g/mol. The minimum atomic E-state index is -0.410. The maximum absolute atomic E-state index is 13.3. The summed E-state index contributed by atoms with van der Waals surface area (Å²) in [6.07, 6.45) is 7.84. The average molecular weight is 412 g/mol. The minimum Gasteiger partial charge on any atom is -0.334 e. The lowest BCUT2D eigenvalue weighted by Crippen LogP contribution is -2.41. The quantitative estimate of drug-likeness (QED) is 0.824. The van der Waals surface area contributed by atoms with Crippen LogP contribution >= 0.6 is 0 Å². The van der Waals surface area contributed by atoms with Crippen molar-refractivity contribution in [2.75, 3.05) is 13.1 Å². The molecular formula is C23H33N5O2. The second-order valence-corrected chi connectivity index (χ2v) is 10.3. The number of H-pyrrole nitrogens is 1. The van der Waals surface area contributed by atoms with Crippen LogP contribution in [0.3, 0.4) is 0 Å². The lowest BCUT2D eigenvalue weighted by molar-refractivity contribution is -0.140. The molecule has 1 N–H and O–H groups in total. The van der Waals surface area contributed by atoms with Gasteiger partial charge in [-0.25, -0.2) is 9.50 Å². The van der Waals surface area contributed by atoms with E-state index in [0.29, 0.717) is 18.2 Å². The molecule has 162 valence electrons. The van der Waals surface area contributed by atoms with Crippen molar-refractivity contribution >= 4 is 11.6 Å². The van der Waals surface area contributed by atoms with E-state index in [2.05, 4.69) is 10.00 Å². The summed E-state index contributed by atoms with van der Waals surface area (Å²) < 4.78 is 1.60. The Balaban J connectivity index is 1.48. The van der Waals surface area contributed by atoms with E-state index in [-0.39, 0.29) is 17.5 Å². The smallest absolute Gasteiger partial charge is 0.277 e. The van der Waals surface area contributed by atoms with Gasteiger partial charge < -0.3 is 4.90 Å². The molecule has 1 saturated heterocycles. The van der Waals surface area contributed by atoms with Gasteiger partial charge in [-0.15, -0.1) is 0 Å². The van der Waals surface area contributed by atoms with Crippen LogP contribution in [0.25, 0.3) is 5.65 Å². The second-order valence-electron chi connectivity index (χ2n) is 10.3. The molecule has 0 aromatic carbocycles. The van der Waals surface area contributed by atoms with Crippen molar-refractivity contribution in [3.05, 3.63) is 33.4 Å². The summed E-state index contributed by atoms with van der Waals surface area (Å²) in [4.78, 5) is 35.5. The van der Waals surface area contributed by atoms with Crippen LogP contribution in [0.1, 0.15) is 82.3 Å². The van der Waals surface area contributed by atoms with E-state index in [0.717, 1.165) is 49.3 Å². The number of nitrogens with zero attached hydrogens (tertiary/aromatic N) is 4. The van der Waals surface area contributed by atoms with Crippen molar-refractivity contribution in [1.29, 1.82) is 0 Å². The van der Waals surface area contributed by atoms with Gasteiger partial charge in [0.15, 0.2) is 5.65 Å². The fraction of sp³-hybridized carbons (Fsp3) is 0.696. The predicted molar refractivity (Wildman–Crippen MR) is 115 cm³/mol. The Bertz CT molecular complexity index is 1020. The van der Waals surface area contributed by atoms with Crippen molar-refractivity contribution in [2.45, 2.75) is 84.3 Å². The number of likely N-dealkylation sites (tertiary alicyclic amines) is 1. The van der Waals surface area contributed by atoms with Crippen LogP contribution in [0, 0.1) is 5.41 Å². The van der Waals surface area contributed by atoms with Crippen molar-refractivity contribution < 1.29 is 4.79 Å². The monoisotopic (exact) mass is 411 g/mol. The third-order valence-corrected chi connectivity index (χ3v) is 7.17. The molecule has 1 saturated carbocycles. The molecule has 0 spiro atoms. The van der Waals surface area contributed by atoms with Gasteiger partial charge in [-0.05, 0) is 25.7 Å². The first-order valence-electron chi connectivity index (χ1n) is 11.5. The largest absolute Gasteiger partial charge is 0.334 e. The normalized spacial score (nSPS) is 23.4. The predicted octanol–water partition coefficient (Wildman–Crippen LogP) is 3.03. The van der Waals surface area contributed by atoms with E-state index in [9.17, 15) is 9.59 Å². The Morgan fingerprint density at radius 1 is 1.13 bits per heavy atom. The average Bonchev–Trinajstić information content (AvgIpc) is 3.46. The standard InChI is InChI=1S/C23H33N5O2/c1-23(2,3)22(30)27-11-6-9-19(27)18-13-20-24-17-10-12-26(15-7-4-5-8-15)14-16(17)21(29)28(20)25-18/h13,15,19,25H,4-12,14H2,1-3H3/t19-/m0/s1. The van der Waals surface area contributed by atoms with Crippen LogP contribution in [0.5, 0.6) is 0 Å². The summed E-state index contributed by atoms with van der Waals surface area (Å²) in [5, 5.41) is 3.31. The van der Waals surface area contributed by atoms with Gasteiger partial charge >= 0.3 is 0 Å². The summed E-state index contributed by atoms with van der Waals surface area (Å²) in [5.41, 5.74) is 3.01. The number of carbonyl (C=O) groups excluding carboxylic acids is 1. The van der Waals surface area contributed by atoms with Gasteiger partial charge in [-0.3, -0.25) is 19.6 Å². The number of amides is 1. The zero-order valence-corrected chi connectivity index (χ0v) is 18.4. The molecule has 0 bridgehead atoms. The number of fused-ring (bicyclic) bond motifs is 2. The van der Waals surface area contributed by atoms with E-state index in [1.165, 1.54) is 25.7 Å². The van der Waals surface area contributed by atoms with Crippen LogP contribution in [0.4, 0.5) is 0 Å². The maximum Gasteiger partial charge on any atom is 0.277 e. The summed E-state index contributed by atoms with van der Waals surface area (Å²) in [5.74, 6) is 0.162. The third-order valence-electron chi connectivity index (χ3n) is 7.17. The highest BCUT2D eigenvalue weighted by atomic mass is 16.2. The molecule has 1 aliphatic carbocycles. The molecule has 0 radical (unpaired) electrons. The molecule has 7 heteroatoms. The van der Waals surface area contributed by atoms with E-state index in [4.69, 9.17) is 4.98 Å². The van der Waals surface area contributed by atoms with Crippen molar-refractivity contribution in [2.24, 2.45) is 5.41 Å². The number of carbonyl (C=O) groups is 1. The molecule has 4 heterocycles. The molecule has 0 unspecified atom stereocenters. The number of hydrogen-bond donors (Lipinski definition) is 1. The third kappa shape index (κ3) is 3.27. The van der Waals surface area contributed by atoms with Crippen LogP contribution < -0.4 is 5.56 Å². The Morgan fingerprint density at radius 3 is 2.63 bits per heavy atom. The molecule has 1 atom stereocenters. The molecule has 2 aliphatic heterocycles. The van der Waals surface area contributed by atoms with Crippen LogP contribution in [-0.4, -0.2) is 49.4 Å². The summed E-state index contributed by atoms with van der Waals surface area (Å²) in [7, 11) is 0. The lowest BCUT2D eigenvalue weighted by Gasteiger charge is -2.32. The SMILES string of the molecule is CC(C)(C)C(=O)N1CCC[C@H]1c1cc2nc3c(c(=O)n2[nH]1)CN(C1CCCC1)CC3. The molecule has 3 aliphatic rings. The molecule has 7 nitrogen and oxygen atoms in total. The zero-order chi connectivity index (χ0) is 21.0. The highest BCUT2D eigenvalue weighted by molar-refractivity contribution is 5.82. The van der Waals surface area contributed by atoms with E-state index in [1.807, 2.05) is 31.7 Å². The van der Waals surface area contributed by atoms with Gasteiger partial charge in [-0.2, -0.15) is 0 Å². The van der Waals surface area contributed by atoms with Gasteiger partial charge in [0.2, 0.25) is 5.91 Å². The van der Waals surface area contributed by atoms with Crippen LogP contribution in [-0.2, 0) is 17.8 Å². The number of aromatic nitrogens is 3. The number of aromatic amines is 1. The molecule has 1 amide bonds. The Hall–Kier alpha value is -2.15. The second kappa shape index (κ2) is 7.22. The lowest BCUT2D eigenvalue weighted by atomic mass is 9.94. The van der Waals surface area contributed by atoms with Crippen LogP contribution in [0.15, 0.2) is 10.9 Å². The summed E-state index contributed by atoms with van der Waals surface area (Å²) >= 11 is 0. The molecule has 2 aromatic rings. The Morgan fingerprint density at radius 2 is 1.90 bits per heavy atom. The van der Waals surface area contributed by atoms with E-state index >= 15 is 0 Å².